The third kappa shape index (κ3) is 66.2. The Bertz CT molecular complexity index is 1720. The van der Waals surface area contributed by atoms with Crippen LogP contribution in [0.15, 0.2) is 134 Å². The van der Waals surface area contributed by atoms with E-state index in [0.717, 1.165) is 135 Å². The lowest BCUT2D eigenvalue weighted by molar-refractivity contribution is -0.167. The summed E-state index contributed by atoms with van der Waals surface area (Å²) in [7, 11) is 0. The molecule has 0 N–H and O–H groups in total. The standard InChI is InChI=1S/C75H124O6/c1-4-7-10-13-15-17-19-21-23-25-27-29-31-33-35-36-37-38-40-41-43-45-47-49-51-53-55-57-59-62-65-68-74(77)80-71-72(70-79-73(76)67-64-61-12-9-6-3)81-75(78)69-66-63-60-58-56-54-52-50-48-46-44-42-39-34-32-30-28-26-24-22-20-18-16-14-11-8-5-2/h7-8,10-11,15-18,21-24,27-30,33-35,37-39,72H,4-6,9,12-14,19-20,25-26,31-32,36,40-71H2,1-3H3/b10-7-,11-8-,17-15-,18-16-,23-21-,24-22-,29-27-,30-28-,35-33-,38-37-,39-34-. The van der Waals surface area contributed by atoms with Crippen LogP contribution in [0.2, 0.25) is 0 Å². The highest BCUT2D eigenvalue weighted by Crippen LogP contribution is 2.16. The zero-order valence-corrected chi connectivity index (χ0v) is 52.8. The maximum atomic E-state index is 12.9. The molecule has 460 valence electrons. The molecule has 0 saturated heterocycles. The van der Waals surface area contributed by atoms with E-state index < -0.39 is 6.10 Å². The van der Waals surface area contributed by atoms with E-state index in [0.29, 0.717) is 19.3 Å². The van der Waals surface area contributed by atoms with Gasteiger partial charge in [0.05, 0.1) is 0 Å². The summed E-state index contributed by atoms with van der Waals surface area (Å²) in [5.41, 5.74) is 0. The van der Waals surface area contributed by atoms with Crippen LogP contribution in [0.3, 0.4) is 0 Å². The third-order valence-corrected chi connectivity index (χ3v) is 14.2. The minimum atomic E-state index is -0.781. The van der Waals surface area contributed by atoms with E-state index in [2.05, 4.69) is 154 Å². The number of hydrogen-bond donors (Lipinski definition) is 0. The molecule has 0 bridgehead atoms. The highest BCUT2D eigenvalue weighted by molar-refractivity contribution is 5.71. The van der Waals surface area contributed by atoms with Crippen LogP contribution >= 0.6 is 0 Å². The predicted octanol–water partition coefficient (Wildman–Crippen LogP) is 23.3. The topological polar surface area (TPSA) is 78.9 Å². The number of esters is 3. The average Bonchev–Trinajstić information content (AvgIpc) is 3.47. The van der Waals surface area contributed by atoms with Gasteiger partial charge in [-0.15, -0.1) is 0 Å². The Hall–Kier alpha value is -4.45. The van der Waals surface area contributed by atoms with Crippen molar-refractivity contribution in [2.45, 2.75) is 309 Å². The van der Waals surface area contributed by atoms with Gasteiger partial charge in [0.25, 0.3) is 0 Å². The lowest BCUT2D eigenvalue weighted by Gasteiger charge is -2.18. The monoisotopic (exact) mass is 1120 g/mol. The number of allylic oxidation sites excluding steroid dienone is 22. The molecule has 6 nitrogen and oxygen atoms in total. The first-order valence-corrected chi connectivity index (χ1v) is 33.7. The van der Waals surface area contributed by atoms with Crippen molar-refractivity contribution in [1.29, 1.82) is 0 Å². The maximum Gasteiger partial charge on any atom is 0.306 e. The van der Waals surface area contributed by atoms with Crippen LogP contribution in [0.25, 0.3) is 0 Å². The van der Waals surface area contributed by atoms with Crippen molar-refractivity contribution < 1.29 is 28.6 Å². The molecule has 0 aliphatic heterocycles. The van der Waals surface area contributed by atoms with Crippen molar-refractivity contribution in [3.05, 3.63) is 134 Å². The van der Waals surface area contributed by atoms with Crippen molar-refractivity contribution in [1.82, 2.24) is 0 Å². The summed E-state index contributed by atoms with van der Waals surface area (Å²) in [5, 5.41) is 0. The van der Waals surface area contributed by atoms with E-state index in [9.17, 15) is 14.4 Å². The molecule has 0 amide bonds. The summed E-state index contributed by atoms with van der Waals surface area (Å²) in [4.78, 5) is 38.0. The first-order valence-electron chi connectivity index (χ1n) is 33.7. The number of rotatable bonds is 60. The second-order valence-electron chi connectivity index (χ2n) is 22.0. The smallest absolute Gasteiger partial charge is 0.306 e. The molecule has 6 heteroatoms. The van der Waals surface area contributed by atoms with E-state index in [-0.39, 0.29) is 31.1 Å². The Morgan fingerprint density at radius 1 is 0.259 bits per heavy atom. The summed E-state index contributed by atoms with van der Waals surface area (Å²) in [5.74, 6) is -0.895. The molecule has 0 saturated carbocycles. The van der Waals surface area contributed by atoms with Gasteiger partial charge in [-0.2, -0.15) is 0 Å². The van der Waals surface area contributed by atoms with Gasteiger partial charge in [-0.1, -0.05) is 302 Å². The molecule has 0 aromatic rings. The van der Waals surface area contributed by atoms with Crippen molar-refractivity contribution in [3.63, 3.8) is 0 Å². The van der Waals surface area contributed by atoms with Crippen LogP contribution in [0, 0.1) is 0 Å². The lowest BCUT2D eigenvalue weighted by atomic mass is 10.0. The van der Waals surface area contributed by atoms with Crippen LogP contribution < -0.4 is 0 Å². The summed E-state index contributed by atoms with van der Waals surface area (Å²) in [6.07, 6.45) is 96.6. The molecular formula is C75H124O6. The van der Waals surface area contributed by atoms with Gasteiger partial charge in [-0.05, 0) is 116 Å². The summed E-state index contributed by atoms with van der Waals surface area (Å²) >= 11 is 0. The van der Waals surface area contributed by atoms with Crippen molar-refractivity contribution in [2.75, 3.05) is 13.2 Å². The van der Waals surface area contributed by atoms with Crippen LogP contribution in [-0.2, 0) is 28.6 Å². The minimum Gasteiger partial charge on any atom is -0.462 e. The molecular weight excluding hydrogens is 997 g/mol. The third-order valence-electron chi connectivity index (χ3n) is 14.2. The lowest BCUT2D eigenvalue weighted by Crippen LogP contribution is -2.30. The summed E-state index contributed by atoms with van der Waals surface area (Å²) < 4.78 is 16.8. The summed E-state index contributed by atoms with van der Waals surface area (Å²) in [6, 6.07) is 0. The highest BCUT2D eigenvalue weighted by atomic mass is 16.6. The Morgan fingerprint density at radius 2 is 0.481 bits per heavy atom. The van der Waals surface area contributed by atoms with Gasteiger partial charge >= 0.3 is 17.9 Å². The van der Waals surface area contributed by atoms with Crippen LogP contribution in [0.5, 0.6) is 0 Å². The molecule has 0 aliphatic carbocycles. The first kappa shape index (κ1) is 76.5. The fourth-order valence-electron chi connectivity index (χ4n) is 9.18. The maximum absolute atomic E-state index is 12.9. The Labute approximate surface area is 500 Å². The van der Waals surface area contributed by atoms with E-state index in [1.54, 1.807) is 0 Å². The Morgan fingerprint density at radius 3 is 0.753 bits per heavy atom. The molecule has 81 heavy (non-hydrogen) atoms. The second kappa shape index (κ2) is 68.1. The van der Waals surface area contributed by atoms with E-state index in [1.807, 2.05) is 0 Å². The molecule has 0 fully saturated rings. The van der Waals surface area contributed by atoms with Crippen LogP contribution in [0.4, 0.5) is 0 Å². The van der Waals surface area contributed by atoms with Gasteiger partial charge < -0.3 is 14.2 Å². The first-order chi connectivity index (χ1) is 40.0. The second-order valence-corrected chi connectivity index (χ2v) is 22.0. The van der Waals surface area contributed by atoms with Gasteiger partial charge in [0.2, 0.25) is 0 Å². The minimum absolute atomic E-state index is 0.0812. The van der Waals surface area contributed by atoms with Crippen molar-refractivity contribution >= 4 is 17.9 Å². The van der Waals surface area contributed by atoms with Gasteiger partial charge in [-0.25, -0.2) is 0 Å². The van der Waals surface area contributed by atoms with Gasteiger partial charge in [-0.3, -0.25) is 14.4 Å². The molecule has 1 unspecified atom stereocenters. The van der Waals surface area contributed by atoms with E-state index in [4.69, 9.17) is 14.2 Å². The number of ether oxygens (including phenoxy) is 3. The zero-order valence-electron chi connectivity index (χ0n) is 52.8. The molecule has 0 aliphatic rings. The molecule has 0 radical (unpaired) electrons. The van der Waals surface area contributed by atoms with Gasteiger partial charge in [0.1, 0.15) is 13.2 Å². The van der Waals surface area contributed by atoms with Crippen LogP contribution in [0.1, 0.15) is 303 Å². The highest BCUT2D eigenvalue weighted by Gasteiger charge is 2.19. The van der Waals surface area contributed by atoms with Crippen molar-refractivity contribution in [2.24, 2.45) is 0 Å². The molecule has 0 aromatic heterocycles. The van der Waals surface area contributed by atoms with Gasteiger partial charge in [0.15, 0.2) is 6.10 Å². The molecule has 0 heterocycles. The number of unbranched alkanes of at least 4 members (excludes halogenated alkanes) is 27. The fraction of sp³-hybridized carbons (Fsp3) is 0.667. The van der Waals surface area contributed by atoms with E-state index in [1.165, 1.54) is 128 Å². The van der Waals surface area contributed by atoms with Crippen LogP contribution in [-0.4, -0.2) is 37.2 Å². The fourth-order valence-corrected chi connectivity index (χ4v) is 9.18. The molecule has 1 atom stereocenters. The molecule has 0 spiro atoms. The van der Waals surface area contributed by atoms with Gasteiger partial charge in [0, 0.05) is 19.3 Å². The molecule has 0 aromatic carbocycles. The summed E-state index contributed by atoms with van der Waals surface area (Å²) in [6.45, 7) is 6.34. The Kier molecular flexibility index (Phi) is 64.3. The van der Waals surface area contributed by atoms with E-state index >= 15 is 0 Å². The van der Waals surface area contributed by atoms with Crippen molar-refractivity contribution in [3.8, 4) is 0 Å². The largest absolute Gasteiger partial charge is 0.462 e. The average molecular weight is 1120 g/mol. The Balaban J connectivity index is 4.04. The molecule has 0 rings (SSSR count). The number of hydrogen-bond acceptors (Lipinski definition) is 6. The normalized spacial score (nSPS) is 13.0. The zero-order chi connectivity index (χ0) is 58.5. The predicted molar refractivity (Wildman–Crippen MR) is 353 cm³/mol. The quantitative estimate of drug-likeness (QED) is 0.0261. The number of carbonyl (C=O) groups excluding carboxylic acids is 3. The SMILES string of the molecule is CC/C=C\C/C=C\C/C=C\C/C=C\C/C=C\C/C=C\CCCCCCCCCCCCCCC(=O)OCC(COC(=O)CCCCCCC)OC(=O)CCCCCCCCCCCCC/C=C\C/C=C\C/C=C\C/C=C\C/C=C\CC. The number of carbonyl (C=O) groups is 3.